The number of carbonyl (C=O) groups excluding carboxylic acids is 1. The predicted molar refractivity (Wildman–Crippen MR) is 132 cm³/mol. The van der Waals surface area contributed by atoms with Gasteiger partial charge >= 0.3 is 0 Å². The molecule has 0 unspecified atom stereocenters. The normalized spacial score (nSPS) is 18.9. The maximum Gasteiger partial charge on any atom is 0.252 e. The second kappa shape index (κ2) is 11.3. The van der Waals surface area contributed by atoms with Crippen molar-refractivity contribution in [3.05, 3.63) is 101 Å². The average molecular weight is 495 g/mol. The first kappa shape index (κ1) is 25.3. The molecular formula is C28H28F2N2O4. The van der Waals surface area contributed by atoms with Gasteiger partial charge in [-0.2, -0.15) is 0 Å². The zero-order valence-electron chi connectivity index (χ0n) is 19.9. The Balaban J connectivity index is 1.60. The second-order valence-electron chi connectivity index (χ2n) is 8.63. The lowest BCUT2D eigenvalue weighted by Crippen LogP contribution is -2.52. The highest BCUT2D eigenvalue weighted by molar-refractivity contribution is 6.00. The summed E-state index contributed by atoms with van der Waals surface area (Å²) in [5, 5.41) is 11.6. The summed E-state index contributed by atoms with van der Waals surface area (Å²) in [7, 11) is 0. The molecule has 1 aliphatic heterocycles. The molecule has 0 saturated carbocycles. The summed E-state index contributed by atoms with van der Waals surface area (Å²) in [5.74, 6) is -0.672. The summed E-state index contributed by atoms with van der Waals surface area (Å²) in [4.78, 5) is 18.3. The maximum atomic E-state index is 14.1. The van der Waals surface area contributed by atoms with E-state index in [2.05, 4.69) is 5.32 Å². The molecule has 188 valence electrons. The quantitative estimate of drug-likeness (QED) is 0.415. The summed E-state index contributed by atoms with van der Waals surface area (Å²) in [6.45, 7) is 2.04. The molecule has 2 N–H and O–H groups in total. The minimum Gasteiger partial charge on any atom is -0.494 e. The van der Waals surface area contributed by atoms with E-state index in [1.165, 1.54) is 0 Å². The third-order valence-corrected chi connectivity index (χ3v) is 6.09. The van der Waals surface area contributed by atoms with Crippen molar-refractivity contribution in [1.82, 2.24) is 5.32 Å². The largest absolute Gasteiger partial charge is 0.494 e. The monoisotopic (exact) mass is 494 g/mol. The molecule has 6 nitrogen and oxygen atoms in total. The molecule has 8 heteroatoms. The highest BCUT2D eigenvalue weighted by Gasteiger charge is 2.50. The van der Waals surface area contributed by atoms with Gasteiger partial charge in [0, 0.05) is 37.1 Å². The number of aliphatic hydroxyl groups excluding tert-OH is 1. The third-order valence-electron chi connectivity index (χ3n) is 6.09. The van der Waals surface area contributed by atoms with Crippen LogP contribution >= 0.6 is 0 Å². The van der Waals surface area contributed by atoms with Crippen molar-refractivity contribution in [2.75, 3.05) is 13.2 Å². The summed E-state index contributed by atoms with van der Waals surface area (Å²) >= 11 is 0. The average Bonchev–Trinajstić information content (AvgIpc) is 3.22. The zero-order chi connectivity index (χ0) is 25.5. The number of benzene rings is 3. The number of carbonyl (C=O) groups is 1. The Bertz CT molecular complexity index is 1220. The van der Waals surface area contributed by atoms with Gasteiger partial charge in [0.15, 0.2) is 5.54 Å². The van der Waals surface area contributed by atoms with Crippen LogP contribution in [0.2, 0.25) is 0 Å². The topological polar surface area (TPSA) is 80.2 Å². The van der Waals surface area contributed by atoms with Gasteiger partial charge in [0.05, 0.1) is 6.61 Å². The van der Waals surface area contributed by atoms with Crippen molar-refractivity contribution in [3.8, 4) is 5.75 Å². The molecule has 0 saturated heterocycles. The number of nitrogens with one attached hydrogen (secondary N) is 1. The molecule has 2 atom stereocenters. The Morgan fingerprint density at radius 1 is 1.11 bits per heavy atom. The zero-order valence-corrected chi connectivity index (χ0v) is 19.9. The smallest absolute Gasteiger partial charge is 0.252 e. The molecule has 0 bridgehead atoms. The number of rotatable bonds is 10. The van der Waals surface area contributed by atoms with Crippen LogP contribution in [0.25, 0.3) is 0 Å². The van der Waals surface area contributed by atoms with Crippen LogP contribution in [-0.2, 0) is 22.5 Å². The van der Waals surface area contributed by atoms with Gasteiger partial charge in [-0.15, -0.1) is 0 Å². The number of halogens is 2. The van der Waals surface area contributed by atoms with E-state index in [9.17, 15) is 13.6 Å². The molecular weight excluding hydrogens is 466 g/mol. The minimum atomic E-state index is -1.31. The first-order valence-electron chi connectivity index (χ1n) is 11.8. The Hall–Kier alpha value is -3.78. The minimum absolute atomic E-state index is 0.0470. The lowest BCUT2D eigenvalue weighted by molar-refractivity contribution is -0.128. The van der Waals surface area contributed by atoms with E-state index in [0.29, 0.717) is 30.2 Å². The van der Waals surface area contributed by atoms with E-state index in [4.69, 9.17) is 19.6 Å². The summed E-state index contributed by atoms with van der Waals surface area (Å²) in [5.41, 5.74) is 0.301. The predicted octanol–water partition coefficient (Wildman–Crippen LogP) is 4.19. The van der Waals surface area contributed by atoms with Crippen LogP contribution in [0, 0.1) is 11.6 Å². The van der Waals surface area contributed by atoms with Gasteiger partial charge in [-0.3, -0.25) is 4.79 Å². The maximum absolute atomic E-state index is 14.1. The van der Waals surface area contributed by atoms with Crippen LogP contribution < -0.4 is 10.1 Å². The number of nitrogens with zero attached hydrogens (tertiary/aromatic N) is 1. The fourth-order valence-corrected chi connectivity index (χ4v) is 4.06. The molecule has 36 heavy (non-hydrogen) atoms. The first-order valence-corrected chi connectivity index (χ1v) is 11.8. The molecule has 0 fully saturated rings. The third kappa shape index (κ3) is 5.71. The molecule has 0 spiro atoms. The van der Waals surface area contributed by atoms with Crippen LogP contribution in [0.1, 0.15) is 30.0 Å². The molecule has 1 amide bonds. The number of hydrogen-bond acceptors (Lipinski definition) is 5. The van der Waals surface area contributed by atoms with E-state index in [-0.39, 0.29) is 25.1 Å². The summed E-state index contributed by atoms with van der Waals surface area (Å²) in [6, 6.07) is 19.7. The fraction of sp³-hybridized carbons (Fsp3) is 0.286. The summed E-state index contributed by atoms with van der Waals surface area (Å²) in [6.07, 6.45) is 0.176. The van der Waals surface area contributed by atoms with Gasteiger partial charge in [-0.25, -0.2) is 13.8 Å². The second-order valence-corrected chi connectivity index (χ2v) is 8.63. The van der Waals surface area contributed by atoms with Gasteiger partial charge in [0.25, 0.3) is 5.91 Å². The van der Waals surface area contributed by atoms with Gasteiger partial charge in [-0.05, 0) is 55.0 Å². The Morgan fingerprint density at radius 3 is 2.58 bits per heavy atom. The molecule has 0 radical (unpaired) electrons. The lowest BCUT2D eigenvalue weighted by Gasteiger charge is -2.28. The number of aliphatic hydroxyl groups is 1. The highest BCUT2D eigenvalue weighted by atomic mass is 19.1. The van der Waals surface area contributed by atoms with Crippen LogP contribution in [0.4, 0.5) is 8.78 Å². The standard InChI is InChI=1S/C28H28F2N2O4/c1-19-28(17-20-6-3-2-4-7-20,27(34)31-18-22-16-23(29)10-13-25(22)30)32-26(36-19)21-8-11-24(12-9-21)35-15-5-14-33/h2-4,6-13,16,19,33H,5,14-15,17-18H2,1H3,(H,31,34)/t19-,28-/m1/s1. The number of aliphatic imine (C=N–C) groups is 1. The lowest BCUT2D eigenvalue weighted by atomic mass is 9.86. The fourth-order valence-electron chi connectivity index (χ4n) is 4.06. The molecule has 3 aromatic carbocycles. The van der Waals surface area contributed by atoms with Crippen molar-refractivity contribution in [1.29, 1.82) is 0 Å². The highest BCUT2D eigenvalue weighted by Crippen LogP contribution is 2.33. The van der Waals surface area contributed by atoms with Gasteiger partial charge in [0.1, 0.15) is 23.5 Å². The Labute approximate surface area is 208 Å². The van der Waals surface area contributed by atoms with Crippen molar-refractivity contribution in [2.24, 2.45) is 4.99 Å². The SMILES string of the molecule is C[C@H]1OC(c2ccc(OCCCO)cc2)=N[C@@]1(Cc1ccccc1)C(=O)NCc1cc(F)ccc1F. The van der Waals surface area contributed by atoms with Crippen molar-refractivity contribution < 1.29 is 28.2 Å². The van der Waals surface area contributed by atoms with Gasteiger partial charge < -0.3 is 19.9 Å². The molecule has 0 aromatic heterocycles. The van der Waals surface area contributed by atoms with Crippen LogP contribution in [0.3, 0.4) is 0 Å². The van der Waals surface area contributed by atoms with Crippen LogP contribution in [0.15, 0.2) is 77.8 Å². The van der Waals surface area contributed by atoms with Crippen molar-refractivity contribution >= 4 is 11.8 Å². The van der Waals surface area contributed by atoms with Gasteiger partial charge in [-0.1, -0.05) is 30.3 Å². The molecule has 1 aliphatic rings. The van der Waals surface area contributed by atoms with E-state index in [1.54, 1.807) is 31.2 Å². The molecule has 0 aliphatic carbocycles. The van der Waals surface area contributed by atoms with Crippen molar-refractivity contribution in [2.45, 2.75) is 38.0 Å². The van der Waals surface area contributed by atoms with E-state index in [1.807, 2.05) is 30.3 Å². The molecule has 4 rings (SSSR count). The molecule has 1 heterocycles. The summed E-state index contributed by atoms with van der Waals surface area (Å²) < 4.78 is 39.4. The van der Waals surface area contributed by atoms with Crippen LogP contribution in [0.5, 0.6) is 5.75 Å². The number of hydrogen-bond donors (Lipinski definition) is 2. The first-order chi connectivity index (χ1) is 17.4. The van der Waals surface area contributed by atoms with Crippen molar-refractivity contribution in [3.63, 3.8) is 0 Å². The van der Waals surface area contributed by atoms with Crippen LogP contribution in [-0.4, -0.2) is 41.8 Å². The molecule has 3 aromatic rings. The van der Waals surface area contributed by atoms with E-state index >= 15 is 0 Å². The number of amides is 1. The number of ether oxygens (including phenoxy) is 2. The van der Waals surface area contributed by atoms with E-state index in [0.717, 1.165) is 23.8 Å². The van der Waals surface area contributed by atoms with Gasteiger partial charge in [0.2, 0.25) is 5.90 Å². The Morgan fingerprint density at radius 2 is 1.86 bits per heavy atom. The van der Waals surface area contributed by atoms with E-state index < -0.39 is 29.2 Å². The Kier molecular flexibility index (Phi) is 7.95.